The number of sulfonamides is 1. The Labute approximate surface area is 192 Å². The molecule has 2 heterocycles. The molecule has 0 saturated carbocycles. The SMILES string of the molecule is CCOc1ccc(NC(=O)Cc2csc(-c3ccccc3)n2)cc1S(=O)(=O)N1CCCC1. The zero-order valence-electron chi connectivity index (χ0n) is 17.8. The zero-order valence-corrected chi connectivity index (χ0v) is 19.4. The Bertz CT molecular complexity index is 1190. The molecule has 0 unspecified atom stereocenters. The highest BCUT2D eigenvalue weighted by Gasteiger charge is 2.30. The van der Waals surface area contributed by atoms with E-state index < -0.39 is 10.0 Å². The molecule has 1 amide bonds. The molecule has 1 aliphatic rings. The average molecular weight is 472 g/mol. The van der Waals surface area contributed by atoms with Gasteiger partial charge < -0.3 is 10.1 Å². The highest BCUT2D eigenvalue weighted by Crippen LogP contribution is 2.32. The summed E-state index contributed by atoms with van der Waals surface area (Å²) in [5, 5.41) is 5.52. The molecule has 7 nitrogen and oxygen atoms in total. The van der Waals surface area contributed by atoms with Crippen molar-refractivity contribution in [2.75, 3.05) is 25.0 Å². The van der Waals surface area contributed by atoms with Gasteiger partial charge in [0, 0.05) is 29.7 Å². The molecule has 1 N–H and O–H groups in total. The molecular weight excluding hydrogens is 446 g/mol. The molecule has 0 bridgehead atoms. The molecule has 9 heteroatoms. The van der Waals surface area contributed by atoms with Crippen LogP contribution >= 0.6 is 11.3 Å². The summed E-state index contributed by atoms with van der Waals surface area (Å²) >= 11 is 1.49. The lowest BCUT2D eigenvalue weighted by Gasteiger charge is -2.19. The second-order valence-electron chi connectivity index (χ2n) is 7.44. The fraction of sp³-hybridized carbons (Fsp3) is 0.304. The molecule has 1 saturated heterocycles. The van der Waals surface area contributed by atoms with Crippen molar-refractivity contribution in [3.8, 4) is 16.3 Å². The van der Waals surface area contributed by atoms with Gasteiger partial charge in [0.2, 0.25) is 15.9 Å². The summed E-state index contributed by atoms with van der Waals surface area (Å²) in [6.45, 7) is 3.15. The first-order chi connectivity index (χ1) is 15.5. The number of hydrogen-bond acceptors (Lipinski definition) is 6. The van der Waals surface area contributed by atoms with Gasteiger partial charge in [-0.1, -0.05) is 30.3 Å². The van der Waals surface area contributed by atoms with Crippen LogP contribution in [0.15, 0.2) is 58.8 Å². The number of carbonyl (C=O) groups is 1. The Kier molecular flexibility index (Phi) is 6.88. The van der Waals surface area contributed by atoms with E-state index in [1.54, 1.807) is 19.1 Å². The number of aromatic nitrogens is 1. The normalized spacial score (nSPS) is 14.4. The number of benzene rings is 2. The molecule has 32 heavy (non-hydrogen) atoms. The number of rotatable bonds is 8. The number of anilines is 1. The number of carbonyl (C=O) groups excluding carboxylic acids is 1. The zero-order chi connectivity index (χ0) is 22.6. The maximum atomic E-state index is 13.1. The van der Waals surface area contributed by atoms with Crippen molar-refractivity contribution in [2.45, 2.75) is 31.1 Å². The third-order valence-corrected chi connectivity index (χ3v) is 7.98. The van der Waals surface area contributed by atoms with E-state index in [0.29, 0.717) is 36.8 Å². The lowest BCUT2D eigenvalue weighted by atomic mass is 10.2. The first-order valence-corrected chi connectivity index (χ1v) is 12.9. The standard InChI is InChI=1S/C23H25N3O4S2/c1-2-30-20-11-10-18(14-21(20)32(28,29)26-12-6-7-13-26)24-22(27)15-19-16-31-23(25-19)17-8-4-3-5-9-17/h3-5,8-11,14,16H,2,6-7,12-13,15H2,1H3,(H,24,27). The van der Waals surface area contributed by atoms with E-state index in [2.05, 4.69) is 10.3 Å². The predicted molar refractivity (Wildman–Crippen MR) is 125 cm³/mol. The Balaban J connectivity index is 1.50. The Morgan fingerprint density at radius 2 is 1.91 bits per heavy atom. The van der Waals surface area contributed by atoms with Crippen LogP contribution in [0.25, 0.3) is 10.6 Å². The van der Waals surface area contributed by atoms with Gasteiger partial charge in [0.15, 0.2) is 0 Å². The summed E-state index contributed by atoms with van der Waals surface area (Å²) < 4.78 is 33.3. The predicted octanol–water partition coefficient (Wildman–Crippen LogP) is 4.17. The van der Waals surface area contributed by atoms with Crippen LogP contribution in [-0.4, -0.2) is 43.3 Å². The topological polar surface area (TPSA) is 88.6 Å². The lowest BCUT2D eigenvalue weighted by Crippen LogP contribution is -2.28. The summed E-state index contributed by atoms with van der Waals surface area (Å²) in [4.78, 5) is 17.2. The maximum absolute atomic E-state index is 13.1. The first-order valence-electron chi connectivity index (χ1n) is 10.5. The summed E-state index contributed by atoms with van der Waals surface area (Å²) in [5.74, 6) is 0.0352. The average Bonchev–Trinajstić information content (AvgIpc) is 3.48. The Hall–Kier alpha value is -2.75. The van der Waals surface area contributed by atoms with Crippen molar-refractivity contribution >= 4 is 33.0 Å². The Morgan fingerprint density at radius 3 is 2.62 bits per heavy atom. The van der Waals surface area contributed by atoms with Crippen LogP contribution in [0.4, 0.5) is 5.69 Å². The van der Waals surface area contributed by atoms with Crippen molar-refractivity contribution in [1.29, 1.82) is 0 Å². The molecule has 0 radical (unpaired) electrons. The van der Waals surface area contributed by atoms with Crippen molar-refractivity contribution in [3.63, 3.8) is 0 Å². The largest absolute Gasteiger partial charge is 0.492 e. The molecule has 1 fully saturated rings. The van der Waals surface area contributed by atoms with Crippen molar-refractivity contribution in [3.05, 3.63) is 59.6 Å². The number of nitrogens with zero attached hydrogens (tertiary/aromatic N) is 2. The summed E-state index contributed by atoms with van der Waals surface area (Å²) in [5.41, 5.74) is 2.09. The summed E-state index contributed by atoms with van der Waals surface area (Å²) in [6, 6.07) is 14.5. The smallest absolute Gasteiger partial charge is 0.246 e. The van der Waals surface area contributed by atoms with Gasteiger partial charge in [-0.2, -0.15) is 4.31 Å². The van der Waals surface area contributed by atoms with Gasteiger partial charge in [-0.05, 0) is 38.0 Å². The number of hydrogen-bond donors (Lipinski definition) is 1. The molecule has 0 spiro atoms. The van der Waals surface area contributed by atoms with Crippen LogP contribution in [-0.2, 0) is 21.2 Å². The Morgan fingerprint density at radius 1 is 1.16 bits per heavy atom. The quantitative estimate of drug-likeness (QED) is 0.533. The van der Waals surface area contributed by atoms with Crippen LogP contribution in [0.2, 0.25) is 0 Å². The second kappa shape index (κ2) is 9.81. The number of thiazole rings is 1. The highest BCUT2D eigenvalue weighted by atomic mass is 32.2. The van der Waals surface area contributed by atoms with Gasteiger partial charge in [-0.25, -0.2) is 13.4 Å². The molecule has 168 valence electrons. The van der Waals surface area contributed by atoms with Crippen molar-refractivity contribution in [1.82, 2.24) is 9.29 Å². The minimum absolute atomic E-state index is 0.0825. The van der Waals surface area contributed by atoms with Gasteiger partial charge in [-0.15, -0.1) is 11.3 Å². The van der Waals surface area contributed by atoms with Gasteiger partial charge in [0.1, 0.15) is 15.7 Å². The van der Waals surface area contributed by atoms with Crippen LogP contribution in [0.3, 0.4) is 0 Å². The van der Waals surface area contributed by atoms with E-state index in [4.69, 9.17) is 4.74 Å². The summed E-state index contributed by atoms with van der Waals surface area (Å²) in [6.07, 6.45) is 1.79. The van der Waals surface area contributed by atoms with E-state index in [1.165, 1.54) is 21.7 Å². The van der Waals surface area contributed by atoms with Crippen LogP contribution in [0.1, 0.15) is 25.5 Å². The number of ether oxygens (including phenoxy) is 1. The molecule has 3 aromatic rings. The molecule has 4 rings (SSSR count). The van der Waals surface area contributed by atoms with Crippen molar-refractivity contribution < 1.29 is 17.9 Å². The fourth-order valence-electron chi connectivity index (χ4n) is 3.60. The third kappa shape index (κ3) is 5.01. The van der Waals surface area contributed by atoms with Crippen LogP contribution in [0.5, 0.6) is 5.75 Å². The molecule has 0 atom stereocenters. The highest BCUT2D eigenvalue weighted by molar-refractivity contribution is 7.89. The van der Waals surface area contributed by atoms with Gasteiger partial charge in [-0.3, -0.25) is 4.79 Å². The van der Waals surface area contributed by atoms with Crippen molar-refractivity contribution in [2.24, 2.45) is 0 Å². The second-order valence-corrected chi connectivity index (χ2v) is 10.2. The third-order valence-electron chi connectivity index (χ3n) is 5.12. The van der Waals surface area contributed by atoms with Gasteiger partial charge >= 0.3 is 0 Å². The minimum Gasteiger partial charge on any atom is -0.492 e. The summed E-state index contributed by atoms with van der Waals surface area (Å²) in [7, 11) is -3.69. The molecule has 2 aromatic carbocycles. The van der Waals surface area contributed by atoms with E-state index in [0.717, 1.165) is 23.4 Å². The van der Waals surface area contributed by atoms with E-state index >= 15 is 0 Å². The number of nitrogens with one attached hydrogen (secondary N) is 1. The van der Waals surface area contributed by atoms with Crippen LogP contribution in [0, 0.1) is 0 Å². The van der Waals surface area contributed by atoms with E-state index in [9.17, 15) is 13.2 Å². The van der Waals surface area contributed by atoms with Crippen LogP contribution < -0.4 is 10.1 Å². The first kappa shape index (κ1) is 22.4. The van der Waals surface area contributed by atoms with Gasteiger partial charge in [0.05, 0.1) is 18.7 Å². The molecular formula is C23H25N3O4S2. The fourth-order valence-corrected chi connectivity index (χ4v) is 6.10. The van der Waals surface area contributed by atoms with E-state index in [1.807, 2.05) is 35.7 Å². The molecule has 0 aliphatic carbocycles. The van der Waals surface area contributed by atoms with E-state index in [-0.39, 0.29) is 17.2 Å². The maximum Gasteiger partial charge on any atom is 0.246 e. The van der Waals surface area contributed by atoms with Gasteiger partial charge in [0.25, 0.3) is 0 Å². The minimum atomic E-state index is -3.69. The molecule has 1 aliphatic heterocycles. The number of amides is 1. The monoisotopic (exact) mass is 471 g/mol. The lowest BCUT2D eigenvalue weighted by molar-refractivity contribution is -0.115. The molecule has 1 aromatic heterocycles.